The lowest BCUT2D eigenvalue weighted by molar-refractivity contribution is 0.102. The molecule has 0 atom stereocenters. The van der Waals surface area contributed by atoms with Crippen LogP contribution in [-0.2, 0) is 7.05 Å². The number of carbonyl (C=O) groups excluding carboxylic acids is 1. The molecule has 7 nitrogen and oxygen atoms in total. The second-order valence-corrected chi connectivity index (χ2v) is 4.39. The Labute approximate surface area is 107 Å². The summed E-state index contributed by atoms with van der Waals surface area (Å²) in [5, 5.41) is 20.0. The number of amides is 1. The number of hydrogen-bond donors (Lipinski definition) is 3. The first kappa shape index (κ1) is 12.1. The molecule has 4 N–H and O–H groups in total. The first-order valence-corrected chi connectivity index (χ1v) is 5.86. The monoisotopic (exact) mass is 265 g/mol. The number of amidine groups is 1. The van der Waals surface area contributed by atoms with E-state index >= 15 is 0 Å². The van der Waals surface area contributed by atoms with Gasteiger partial charge in [0.15, 0.2) is 5.84 Å². The third kappa shape index (κ3) is 2.18. The van der Waals surface area contributed by atoms with Crippen LogP contribution < -0.4 is 11.1 Å². The number of anilines is 1. The number of nitrogens with two attached hydrogens (primary N) is 1. The molecule has 1 amide bonds. The zero-order valence-electron chi connectivity index (χ0n) is 9.49. The summed E-state index contributed by atoms with van der Waals surface area (Å²) in [6, 6.07) is 3.49. The van der Waals surface area contributed by atoms with Crippen LogP contribution >= 0.6 is 11.3 Å². The Balaban J connectivity index is 2.29. The molecule has 2 rings (SSSR count). The number of nitrogens with one attached hydrogen (secondary N) is 1. The summed E-state index contributed by atoms with van der Waals surface area (Å²) in [7, 11) is 1.65. The largest absolute Gasteiger partial charge is 0.409 e. The van der Waals surface area contributed by atoms with E-state index in [1.165, 1.54) is 22.2 Å². The Morgan fingerprint density at radius 1 is 1.67 bits per heavy atom. The Hall–Kier alpha value is -2.35. The molecule has 94 valence electrons. The van der Waals surface area contributed by atoms with Crippen molar-refractivity contribution in [2.45, 2.75) is 0 Å². The van der Waals surface area contributed by atoms with Crippen LogP contribution in [0, 0.1) is 0 Å². The van der Waals surface area contributed by atoms with E-state index in [0.29, 0.717) is 16.3 Å². The summed E-state index contributed by atoms with van der Waals surface area (Å²) >= 11 is 1.33. The minimum Gasteiger partial charge on any atom is -0.409 e. The van der Waals surface area contributed by atoms with Gasteiger partial charge in [0.1, 0.15) is 5.82 Å². The van der Waals surface area contributed by atoms with Crippen molar-refractivity contribution in [3.05, 3.63) is 34.2 Å². The number of aryl methyl sites for hydroxylation is 1. The number of thiophene rings is 1. The number of aromatic nitrogens is 2. The third-order valence-electron chi connectivity index (χ3n) is 2.30. The van der Waals surface area contributed by atoms with Gasteiger partial charge in [-0.05, 0) is 11.4 Å². The van der Waals surface area contributed by atoms with Crippen molar-refractivity contribution < 1.29 is 10.0 Å². The molecule has 0 saturated carbocycles. The minimum atomic E-state index is -0.263. The van der Waals surface area contributed by atoms with E-state index in [1.807, 2.05) is 5.38 Å². The van der Waals surface area contributed by atoms with Gasteiger partial charge in [-0.2, -0.15) is 5.10 Å². The molecule has 2 heterocycles. The van der Waals surface area contributed by atoms with Crippen LogP contribution in [0.3, 0.4) is 0 Å². The molecule has 0 aliphatic rings. The molecule has 0 bridgehead atoms. The predicted molar refractivity (Wildman–Crippen MR) is 68.0 cm³/mol. The van der Waals surface area contributed by atoms with Crippen LogP contribution in [0.2, 0.25) is 0 Å². The van der Waals surface area contributed by atoms with Crippen LogP contribution in [0.5, 0.6) is 0 Å². The summed E-state index contributed by atoms with van der Waals surface area (Å²) in [4.78, 5) is 12.5. The molecule has 0 aliphatic heterocycles. The maximum absolute atomic E-state index is 11.9. The van der Waals surface area contributed by atoms with Gasteiger partial charge in [-0.3, -0.25) is 9.48 Å². The van der Waals surface area contributed by atoms with Crippen molar-refractivity contribution in [1.29, 1.82) is 0 Å². The summed E-state index contributed by atoms with van der Waals surface area (Å²) in [5.41, 5.74) is 5.87. The van der Waals surface area contributed by atoms with E-state index < -0.39 is 0 Å². The number of carbonyl (C=O) groups is 1. The lowest BCUT2D eigenvalue weighted by Gasteiger charge is -2.06. The fourth-order valence-electron chi connectivity index (χ4n) is 1.40. The molecule has 0 radical (unpaired) electrons. The molecule has 0 saturated heterocycles. The molecule has 0 fully saturated rings. The average Bonchev–Trinajstić information content (AvgIpc) is 2.99. The normalized spacial score (nSPS) is 11.5. The van der Waals surface area contributed by atoms with Gasteiger partial charge in [-0.25, -0.2) is 0 Å². The second-order valence-electron chi connectivity index (χ2n) is 3.45. The highest BCUT2D eigenvalue weighted by atomic mass is 32.1. The van der Waals surface area contributed by atoms with Crippen molar-refractivity contribution in [1.82, 2.24) is 9.78 Å². The van der Waals surface area contributed by atoms with E-state index in [4.69, 9.17) is 10.9 Å². The Morgan fingerprint density at radius 3 is 3.06 bits per heavy atom. The van der Waals surface area contributed by atoms with Crippen LogP contribution in [0.1, 0.15) is 15.2 Å². The second kappa shape index (κ2) is 4.88. The standard InChI is InChI=1S/C10H11N5O2S/c1-15-9(6(5-12-15)8(11)14-17)13-10(16)7-3-2-4-18-7/h2-5,17H,1H3,(H2,11,14)(H,13,16). The van der Waals surface area contributed by atoms with Gasteiger partial charge >= 0.3 is 0 Å². The zero-order chi connectivity index (χ0) is 13.1. The molecule has 2 aromatic heterocycles. The van der Waals surface area contributed by atoms with Crippen molar-refractivity contribution in [3.8, 4) is 0 Å². The van der Waals surface area contributed by atoms with E-state index in [1.54, 1.807) is 19.2 Å². The quantitative estimate of drug-likeness (QED) is 0.331. The molecule has 8 heteroatoms. The first-order chi connectivity index (χ1) is 8.63. The highest BCUT2D eigenvalue weighted by molar-refractivity contribution is 7.12. The summed E-state index contributed by atoms with van der Waals surface area (Å²) in [5.74, 6) is 0.00821. The minimum absolute atomic E-state index is 0.107. The molecule has 0 spiro atoms. The maximum Gasteiger partial charge on any atom is 0.266 e. The third-order valence-corrected chi connectivity index (χ3v) is 3.17. The Bertz CT molecular complexity index is 587. The number of oxime groups is 1. The maximum atomic E-state index is 11.9. The fourth-order valence-corrected chi connectivity index (χ4v) is 2.02. The van der Waals surface area contributed by atoms with Gasteiger partial charge in [0.25, 0.3) is 5.91 Å². The van der Waals surface area contributed by atoms with E-state index in [0.717, 1.165) is 0 Å². The van der Waals surface area contributed by atoms with Crippen molar-refractivity contribution in [2.75, 3.05) is 5.32 Å². The van der Waals surface area contributed by atoms with Gasteiger partial charge in [-0.1, -0.05) is 11.2 Å². The molecular formula is C10H11N5O2S. The topological polar surface area (TPSA) is 106 Å². The van der Waals surface area contributed by atoms with Gasteiger partial charge in [0.05, 0.1) is 16.6 Å². The van der Waals surface area contributed by atoms with Crippen molar-refractivity contribution >= 4 is 28.9 Å². The highest BCUT2D eigenvalue weighted by Gasteiger charge is 2.16. The van der Waals surface area contributed by atoms with Crippen LogP contribution in [0.4, 0.5) is 5.82 Å². The smallest absolute Gasteiger partial charge is 0.266 e. The molecule has 0 aromatic carbocycles. The summed E-state index contributed by atoms with van der Waals surface area (Å²) in [6.07, 6.45) is 1.42. The van der Waals surface area contributed by atoms with Gasteiger partial charge < -0.3 is 16.3 Å². The van der Waals surface area contributed by atoms with E-state index in [2.05, 4.69) is 15.6 Å². The average molecular weight is 265 g/mol. The van der Waals surface area contributed by atoms with Gasteiger partial charge in [0.2, 0.25) is 0 Å². The van der Waals surface area contributed by atoms with Crippen LogP contribution in [-0.4, -0.2) is 26.7 Å². The number of hydrogen-bond acceptors (Lipinski definition) is 5. The molecular weight excluding hydrogens is 254 g/mol. The summed E-state index contributed by atoms with van der Waals surface area (Å²) < 4.78 is 1.44. The lowest BCUT2D eigenvalue weighted by Crippen LogP contribution is -2.19. The Kier molecular flexibility index (Phi) is 3.28. The molecule has 0 aliphatic carbocycles. The predicted octanol–water partition coefficient (Wildman–Crippen LogP) is 0.828. The number of nitrogens with zero attached hydrogens (tertiary/aromatic N) is 3. The Morgan fingerprint density at radius 2 is 2.44 bits per heavy atom. The van der Waals surface area contributed by atoms with Crippen LogP contribution in [0.25, 0.3) is 0 Å². The summed E-state index contributed by atoms with van der Waals surface area (Å²) in [6.45, 7) is 0. The fraction of sp³-hybridized carbons (Fsp3) is 0.100. The lowest BCUT2D eigenvalue weighted by atomic mass is 10.3. The van der Waals surface area contributed by atoms with Crippen molar-refractivity contribution in [3.63, 3.8) is 0 Å². The zero-order valence-corrected chi connectivity index (χ0v) is 10.3. The van der Waals surface area contributed by atoms with Crippen molar-refractivity contribution in [2.24, 2.45) is 17.9 Å². The molecule has 2 aromatic rings. The molecule has 0 unspecified atom stereocenters. The SMILES string of the molecule is Cn1ncc(C(N)=NO)c1NC(=O)c1cccs1. The highest BCUT2D eigenvalue weighted by Crippen LogP contribution is 2.16. The first-order valence-electron chi connectivity index (χ1n) is 4.98. The van der Waals surface area contributed by atoms with E-state index in [-0.39, 0.29) is 11.7 Å². The number of rotatable bonds is 3. The van der Waals surface area contributed by atoms with Gasteiger partial charge in [0, 0.05) is 7.05 Å². The van der Waals surface area contributed by atoms with Gasteiger partial charge in [-0.15, -0.1) is 11.3 Å². The van der Waals surface area contributed by atoms with E-state index in [9.17, 15) is 4.79 Å². The van der Waals surface area contributed by atoms with Crippen LogP contribution in [0.15, 0.2) is 28.9 Å². The molecule has 18 heavy (non-hydrogen) atoms.